The summed E-state index contributed by atoms with van der Waals surface area (Å²) in [4.78, 5) is 10.4. The zero-order valence-corrected chi connectivity index (χ0v) is 12.0. The van der Waals surface area contributed by atoms with Crippen molar-refractivity contribution in [3.63, 3.8) is 0 Å². The first-order valence-corrected chi connectivity index (χ1v) is 7.65. The molecule has 0 atom stereocenters. The molecule has 0 spiro atoms. The molecular formula is C15H12FNO4S. The van der Waals surface area contributed by atoms with Gasteiger partial charge in [0.15, 0.2) is 0 Å². The minimum absolute atomic E-state index is 0.0942. The van der Waals surface area contributed by atoms with Crippen molar-refractivity contribution in [2.45, 2.75) is 4.90 Å². The summed E-state index contributed by atoms with van der Waals surface area (Å²) in [5, 5.41) is 8.57. The third kappa shape index (κ3) is 3.92. The number of sulfonamides is 1. The molecule has 0 aromatic heterocycles. The van der Waals surface area contributed by atoms with Gasteiger partial charge in [0.05, 0.1) is 10.6 Å². The molecule has 0 unspecified atom stereocenters. The fourth-order valence-corrected chi connectivity index (χ4v) is 2.82. The van der Waals surface area contributed by atoms with Crippen LogP contribution in [0.1, 0.15) is 5.56 Å². The van der Waals surface area contributed by atoms with E-state index in [2.05, 4.69) is 4.72 Å². The van der Waals surface area contributed by atoms with Crippen molar-refractivity contribution in [3.05, 3.63) is 66.0 Å². The van der Waals surface area contributed by atoms with Crippen molar-refractivity contribution in [2.24, 2.45) is 0 Å². The Morgan fingerprint density at radius 2 is 1.86 bits per heavy atom. The lowest BCUT2D eigenvalue weighted by atomic mass is 10.2. The summed E-state index contributed by atoms with van der Waals surface area (Å²) in [7, 11) is -3.97. The van der Waals surface area contributed by atoms with Crippen LogP contribution in [-0.2, 0) is 14.8 Å². The number of carboxylic acids is 1. The first kappa shape index (κ1) is 15.7. The van der Waals surface area contributed by atoms with Gasteiger partial charge in [-0.15, -0.1) is 0 Å². The lowest BCUT2D eigenvalue weighted by Crippen LogP contribution is -2.14. The molecule has 5 nitrogen and oxygen atoms in total. The van der Waals surface area contributed by atoms with E-state index in [1.54, 1.807) is 6.07 Å². The predicted molar refractivity (Wildman–Crippen MR) is 80.3 cm³/mol. The average Bonchev–Trinajstić information content (AvgIpc) is 2.48. The molecule has 0 bridgehead atoms. The number of nitrogens with one attached hydrogen (secondary N) is 1. The molecule has 0 heterocycles. The summed E-state index contributed by atoms with van der Waals surface area (Å²) in [6, 6.07) is 11.1. The van der Waals surface area contributed by atoms with Crippen molar-refractivity contribution in [2.75, 3.05) is 4.72 Å². The van der Waals surface area contributed by atoms with Crippen LogP contribution >= 0.6 is 0 Å². The number of hydrogen-bond donors (Lipinski definition) is 2. The topological polar surface area (TPSA) is 83.5 Å². The van der Waals surface area contributed by atoms with E-state index in [1.165, 1.54) is 42.5 Å². The molecule has 2 aromatic rings. The first-order valence-electron chi connectivity index (χ1n) is 6.17. The van der Waals surface area contributed by atoms with Gasteiger partial charge in [-0.05, 0) is 35.9 Å². The normalized spacial score (nSPS) is 11.5. The molecule has 0 fully saturated rings. The van der Waals surface area contributed by atoms with Crippen LogP contribution in [0.3, 0.4) is 0 Å². The number of benzene rings is 2. The van der Waals surface area contributed by atoms with Gasteiger partial charge in [-0.2, -0.15) is 0 Å². The van der Waals surface area contributed by atoms with Gasteiger partial charge in [-0.1, -0.05) is 24.3 Å². The van der Waals surface area contributed by atoms with E-state index < -0.39 is 21.8 Å². The maximum absolute atomic E-state index is 13.5. The fraction of sp³-hybridized carbons (Fsp3) is 0. The van der Waals surface area contributed by atoms with Crippen LogP contribution in [0.25, 0.3) is 6.08 Å². The van der Waals surface area contributed by atoms with Gasteiger partial charge >= 0.3 is 5.97 Å². The summed E-state index contributed by atoms with van der Waals surface area (Å²) in [5.41, 5.74) is 0.243. The Morgan fingerprint density at radius 1 is 1.14 bits per heavy atom. The molecule has 2 aromatic carbocycles. The highest BCUT2D eigenvalue weighted by atomic mass is 32.2. The Labute approximate surface area is 126 Å². The molecule has 22 heavy (non-hydrogen) atoms. The van der Waals surface area contributed by atoms with Crippen LogP contribution < -0.4 is 4.72 Å². The Balaban J connectivity index is 2.32. The van der Waals surface area contributed by atoms with Crippen molar-refractivity contribution >= 4 is 27.8 Å². The van der Waals surface area contributed by atoms with Gasteiger partial charge in [0.25, 0.3) is 10.0 Å². The molecule has 0 saturated carbocycles. The molecule has 114 valence electrons. The second-order valence-electron chi connectivity index (χ2n) is 4.33. The number of para-hydroxylation sites is 1. The summed E-state index contributed by atoms with van der Waals surface area (Å²) in [6.45, 7) is 0. The van der Waals surface area contributed by atoms with Gasteiger partial charge in [-0.25, -0.2) is 17.6 Å². The van der Waals surface area contributed by atoms with Gasteiger partial charge in [0.1, 0.15) is 5.82 Å². The molecular weight excluding hydrogens is 309 g/mol. The van der Waals surface area contributed by atoms with Gasteiger partial charge in [0, 0.05) is 6.08 Å². The Morgan fingerprint density at radius 3 is 2.55 bits per heavy atom. The molecule has 0 saturated heterocycles. The SMILES string of the molecule is O=C(O)/C=C/c1cccc(S(=O)(=O)Nc2ccccc2F)c1. The lowest BCUT2D eigenvalue weighted by Gasteiger charge is -2.09. The molecule has 0 aliphatic heterocycles. The Hall–Kier alpha value is -2.67. The van der Waals surface area contributed by atoms with E-state index in [1.807, 2.05) is 0 Å². The summed E-state index contributed by atoms with van der Waals surface area (Å²) in [5.74, 6) is -1.83. The average molecular weight is 321 g/mol. The van der Waals surface area contributed by atoms with Crippen molar-refractivity contribution in [1.82, 2.24) is 0 Å². The molecule has 2 rings (SSSR count). The van der Waals surface area contributed by atoms with E-state index in [4.69, 9.17) is 5.11 Å². The quantitative estimate of drug-likeness (QED) is 0.829. The monoisotopic (exact) mass is 321 g/mol. The number of aliphatic carboxylic acids is 1. The molecule has 0 radical (unpaired) electrons. The molecule has 2 N–H and O–H groups in total. The molecule has 0 aliphatic carbocycles. The highest BCUT2D eigenvalue weighted by Gasteiger charge is 2.16. The predicted octanol–water partition coefficient (Wildman–Crippen LogP) is 2.72. The van der Waals surface area contributed by atoms with Crippen molar-refractivity contribution in [3.8, 4) is 0 Å². The summed E-state index contributed by atoms with van der Waals surface area (Å²) < 4.78 is 40.1. The zero-order chi connectivity index (χ0) is 16.2. The Kier molecular flexibility index (Phi) is 4.57. The molecule has 0 aliphatic rings. The van der Waals surface area contributed by atoms with Gasteiger partial charge in [-0.3, -0.25) is 4.72 Å². The smallest absolute Gasteiger partial charge is 0.328 e. The van der Waals surface area contributed by atoms with Crippen LogP contribution in [0.4, 0.5) is 10.1 Å². The highest BCUT2D eigenvalue weighted by Crippen LogP contribution is 2.19. The number of rotatable bonds is 5. The minimum atomic E-state index is -3.97. The Bertz CT molecular complexity index is 831. The standard InChI is InChI=1S/C15H12FNO4S/c16-13-6-1-2-7-14(13)17-22(20,21)12-5-3-4-11(10-12)8-9-15(18)19/h1-10,17H,(H,18,19)/b9-8+. The van der Waals surface area contributed by atoms with E-state index in [0.717, 1.165) is 12.1 Å². The number of halogens is 1. The van der Waals surface area contributed by atoms with Crippen LogP contribution in [0.15, 0.2) is 59.5 Å². The van der Waals surface area contributed by atoms with Crippen LogP contribution in [0, 0.1) is 5.82 Å². The van der Waals surface area contributed by atoms with E-state index in [9.17, 15) is 17.6 Å². The van der Waals surface area contributed by atoms with E-state index >= 15 is 0 Å². The molecule has 0 amide bonds. The lowest BCUT2D eigenvalue weighted by molar-refractivity contribution is -0.131. The van der Waals surface area contributed by atoms with E-state index in [0.29, 0.717) is 5.56 Å². The summed E-state index contributed by atoms with van der Waals surface area (Å²) in [6.07, 6.45) is 2.17. The maximum Gasteiger partial charge on any atom is 0.328 e. The van der Waals surface area contributed by atoms with Crippen LogP contribution in [0.2, 0.25) is 0 Å². The van der Waals surface area contributed by atoms with Crippen LogP contribution in [0.5, 0.6) is 0 Å². The third-order valence-electron chi connectivity index (χ3n) is 2.70. The zero-order valence-electron chi connectivity index (χ0n) is 11.2. The summed E-state index contributed by atoms with van der Waals surface area (Å²) >= 11 is 0. The number of carboxylic acid groups (broad SMARTS) is 1. The number of hydrogen-bond acceptors (Lipinski definition) is 3. The largest absolute Gasteiger partial charge is 0.478 e. The highest BCUT2D eigenvalue weighted by molar-refractivity contribution is 7.92. The minimum Gasteiger partial charge on any atom is -0.478 e. The van der Waals surface area contributed by atoms with Gasteiger partial charge in [0.2, 0.25) is 0 Å². The number of anilines is 1. The van der Waals surface area contributed by atoms with Crippen molar-refractivity contribution < 1.29 is 22.7 Å². The number of carbonyl (C=O) groups is 1. The second kappa shape index (κ2) is 6.40. The van der Waals surface area contributed by atoms with E-state index in [-0.39, 0.29) is 10.6 Å². The maximum atomic E-state index is 13.5. The van der Waals surface area contributed by atoms with Crippen LogP contribution in [-0.4, -0.2) is 19.5 Å². The third-order valence-corrected chi connectivity index (χ3v) is 4.07. The fourth-order valence-electron chi connectivity index (χ4n) is 1.70. The van der Waals surface area contributed by atoms with Crippen molar-refractivity contribution in [1.29, 1.82) is 0 Å². The molecule has 7 heteroatoms. The second-order valence-corrected chi connectivity index (χ2v) is 6.01. The van der Waals surface area contributed by atoms with Gasteiger partial charge < -0.3 is 5.11 Å². The first-order chi connectivity index (χ1) is 10.4.